The smallest absolute Gasteiger partial charge is 0.166 e. The molecule has 0 aliphatic carbocycles. The minimum atomic E-state index is 0.723. The zero-order chi connectivity index (χ0) is 13.9. The second kappa shape index (κ2) is 9.75. The number of nitrogens with one attached hydrogen (secondary N) is 3. The van der Waals surface area contributed by atoms with Gasteiger partial charge in [0.2, 0.25) is 0 Å². The molecule has 6 heteroatoms. The zero-order valence-electron chi connectivity index (χ0n) is 11.8. The number of nitrogens with zero attached hydrogens (tertiary/aromatic N) is 1. The maximum atomic E-state index is 5.25. The summed E-state index contributed by atoms with van der Waals surface area (Å²) in [5.41, 5.74) is 2.43. The molecule has 0 aliphatic rings. The Balaban J connectivity index is 1.97. The van der Waals surface area contributed by atoms with Crippen LogP contribution < -0.4 is 10.6 Å². The maximum absolute atomic E-state index is 5.25. The van der Waals surface area contributed by atoms with Crippen molar-refractivity contribution < 1.29 is 4.74 Å². The van der Waals surface area contributed by atoms with E-state index in [9.17, 15) is 0 Å². The van der Waals surface area contributed by atoms with E-state index in [2.05, 4.69) is 20.8 Å². The van der Waals surface area contributed by atoms with Crippen molar-refractivity contribution >= 4 is 17.3 Å². The van der Waals surface area contributed by atoms with Gasteiger partial charge in [0.05, 0.1) is 6.20 Å². The molecule has 19 heavy (non-hydrogen) atoms. The number of rotatable bonds is 9. The molecule has 1 heterocycles. The lowest BCUT2D eigenvalue weighted by atomic mass is 10.1. The normalized spacial score (nSPS) is 10.4. The van der Waals surface area contributed by atoms with Crippen molar-refractivity contribution in [3.63, 3.8) is 0 Å². The predicted octanol–water partition coefficient (Wildman–Crippen LogP) is 1.54. The van der Waals surface area contributed by atoms with Crippen molar-refractivity contribution in [1.29, 1.82) is 0 Å². The Labute approximate surface area is 120 Å². The molecule has 1 aromatic rings. The van der Waals surface area contributed by atoms with E-state index in [-0.39, 0.29) is 0 Å². The highest BCUT2D eigenvalue weighted by atomic mass is 32.1. The second-order valence-corrected chi connectivity index (χ2v) is 4.77. The van der Waals surface area contributed by atoms with Gasteiger partial charge in [0.1, 0.15) is 0 Å². The van der Waals surface area contributed by atoms with Gasteiger partial charge in [-0.25, -0.2) is 0 Å². The summed E-state index contributed by atoms with van der Waals surface area (Å²) in [7, 11) is 0. The fourth-order valence-corrected chi connectivity index (χ4v) is 1.90. The molecule has 0 saturated heterocycles. The van der Waals surface area contributed by atoms with Gasteiger partial charge in [0.15, 0.2) is 5.11 Å². The first-order chi connectivity index (χ1) is 9.24. The van der Waals surface area contributed by atoms with Gasteiger partial charge < -0.3 is 15.4 Å². The molecule has 0 fully saturated rings. The van der Waals surface area contributed by atoms with Crippen LogP contribution in [0.1, 0.15) is 31.0 Å². The Hall–Kier alpha value is -1.14. The van der Waals surface area contributed by atoms with E-state index in [1.54, 1.807) is 0 Å². The van der Waals surface area contributed by atoms with Gasteiger partial charge in [-0.2, -0.15) is 5.10 Å². The third kappa shape index (κ3) is 7.12. The average molecular weight is 284 g/mol. The summed E-state index contributed by atoms with van der Waals surface area (Å²) >= 11 is 5.19. The summed E-state index contributed by atoms with van der Waals surface area (Å²) in [5, 5.41) is 14.0. The van der Waals surface area contributed by atoms with E-state index < -0.39 is 0 Å². The first kappa shape index (κ1) is 15.9. The number of hydrogen-bond acceptors (Lipinski definition) is 3. The van der Waals surface area contributed by atoms with Crippen molar-refractivity contribution in [2.24, 2.45) is 0 Å². The third-order valence-electron chi connectivity index (χ3n) is 2.80. The van der Waals surface area contributed by atoms with E-state index >= 15 is 0 Å². The molecule has 0 atom stereocenters. The summed E-state index contributed by atoms with van der Waals surface area (Å²) in [6, 6.07) is 0. The lowest BCUT2D eigenvalue weighted by Gasteiger charge is -2.10. The lowest BCUT2D eigenvalue weighted by Crippen LogP contribution is -2.36. The van der Waals surface area contributed by atoms with Gasteiger partial charge in [0.25, 0.3) is 0 Å². The highest BCUT2D eigenvalue weighted by Crippen LogP contribution is 2.04. The van der Waals surface area contributed by atoms with Crippen LogP contribution in [0.15, 0.2) is 6.20 Å². The zero-order valence-corrected chi connectivity index (χ0v) is 12.6. The van der Waals surface area contributed by atoms with Crippen LogP contribution in [0.25, 0.3) is 0 Å². The number of hydrogen-bond donors (Lipinski definition) is 3. The Kier molecular flexibility index (Phi) is 8.16. The SMILES string of the molecule is CCOCCCNC(=S)NCCCc1cn[nH]c1C. The largest absolute Gasteiger partial charge is 0.382 e. The Bertz CT molecular complexity index is 367. The van der Waals surface area contributed by atoms with Gasteiger partial charge in [-0.1, -0.05) is 0 Å². The Morgan fingerprint density at radius 1 is 1.37 bits per heavy atom. The molecule has 0 aliphatic heterocycles. The van der Waals surface area contributed by atoms with Crippen molar-refractivity contribution in [1.82, 2.24) is 20.8 Å². The van der Waals surface area contributed by atoms with Crippen LogP contribution in [0.4, 0.5) is 0 Å². The number of ether oxygens (including phenoxy) is 1. The summed E-state index contributed by atoms with van der Waals surface area (Å²) in [5.74, 6) is 0. The minimum absolute atomic E-state index is 0.723. The van der Waals surface area contributed by atoms with Crippen molar-refractivity contribution in [3.05, 3.63) is 17.5 Å². The van der Waals surface area contributed by atoms with E-state index in [1.165, 1.54) is 5.56 Å². The quantitative estimate of drug-likeness (QED) is 0.474. The molecule has 0 saturated carbocycles. The Morgan fingerprint density at radius 2 is 2.11 bits per heavy atom. The highest BCUT2D eigenvalue weighted by molar-refractivity contribution is 7.80. The van der Waals surface area contributed by atoms with Gasteiger partial charge >= 0.3 is 0 Å². The molecule has 5 nitrogen and oxygen atoms in total. The van der Waals surface area contributed by atoms with E-state index in [0.717, 1.165) is 56.4 Å². The molecule has 0 spiro atoms. The molecular formula is C13H24N4OS. The van der Waals surface area contributed by atoms with Crippen LogP contribution in [0.2, 0.25) is 0 Å². The lowest BCUT2D eigenvalue weighted by molar-refractivity contribution is 0.145. The number of H-pyrrole nitrogens is 1. The molecule has 0 aromatic carbocycles. The first-order valence-electron chi connectivity index (χ1n) is 6.82. The summed E-state index contributed by atoms with van der Waals surface area (Å²) < 4.78 is 5.25. The minimum Gasteiger partial charge on any atom is -0.382 e. The average Bonchev–Trinajstić information content (AvgIpc) is 2.80. The molecule has 1 aromatic heterocycles. The summed E-state index contributed by atoms with van der Waals surface area (Å²) in [4.78, 5) is 0. The molecule has 0 unspecified atom stereocenters. The molecule has 108 valence electrons. The van der Waals surface area contributed by atoms with Crippen LogP contribution in [0.5, 0.6) is 0 Å². The maximum Gasteiger partial charge on any atom is 0.166 e. The second-order valence-electron chi connectivity index (χ2n) is 4.36. The Morgan fingerprint density at radius 3 is 2.74 bits per heavy atom. The number of aromatic nitrogens is 2. The molecule has 0 bridgehead atoms. The van der Waals surface area contributed by atoms with Crippen LogP contribution in [0, 0.1) is 6.92 Å². The van der Waals surface area contributed by atoms with E-state index in [1.807, 2.05) is 20.0 Å². The molecule has 3 N–H and O–H groups in total. The first-order valence-corrected chi connectivity index (χ1v) is 7.23. The van der Waals surface area contributed by atoms with Crippen LogP contribution in [-0.2, 0) is 11.2 Å². The topological polar surface area (TPSA) is 62.0 Å². The van der Waals surface area contributed by atoms with E-state index in [4.69, 9.17) is 17.0 Å². The summed E-state index contributed by atoms with van der Waals surface area (Å²) in [6.45, 7) is 7.33. The van der Waals surface area contributed by atoms with Gasteiger partial charge in [-0.05, 0) is 50.9 Å². The third-order valence-corrected chi connectivity index (χ3v) is 3.09. The molecule has 0 amide bonds. The van der Waals surface area contributed by atoms with Crippen molar-refractivity contribution in [3.8, 4) is 0 Å². The standard InChI is InChI=1S/C13H24N4OS/c1-3-18-9-5-8-15-13(19)14-7-4-6-12-10-16-17-11(12)2/h10H,3-9H2,1-2H3,(H,16,17)(H2,14,15,19). The van der Waals surface area contributed by atoms with Gasteiger partial charge in [-0.3, -0.25) is 5.10 Å². The van der Waals surface area contributed by atoms with Gasteiger partial charge in [0, 0.05) is 32.0 Å². The number of aromatic amines is 1. The van der Waals surface area contributed by atoms with Crippen LogP contribution in [0.3, 0.4) is 0 Å². The fraction of sp³-hybridized carbons (Fsp3) is 0.692. The number of thiocarbonyl (C=S) groups is 1. The van der Waals surface area contributed by atoms with Crippen LogP contribution >= 0.6 is 12.2 Å². The molecular weight excluding hydrogens is 260 g/mol. The monoisotopic (exact) mass is 284 g/mol. The highest BCUT2D eigenvalue weighted by Gasteiger charge is 2.00. The number of aryl methyl sites for hydroxylation is 2. The van der Waals surface area contributed by atoms with Crippen LogP contribution in [-0.4, -0.2) is 41.6 Å². The van der Waals surface area contributed by atoms with E-state index in [0.29, 0.717) is 0 Å². The predicted molar refractivity (Wildman–Crippen MR) is 81.4 cm³/mol. The molecule has 1 rings (SSSR count). The fourth-order valence-electron chi connectivity index (χ4n) is 1.69. The molecule has 0 radical (unpaired) electrons. The van der Waals surface area contributed by atoms with Crippen molar-refractivity contribution in [2.75, 3.05) is 26.3 Å². The summed E-state index contributed by atoms with van der Waals surface area (Å²) in [6.07, 6.45) is 4.92. The van der Waals surface area contributed by atoms with Crippen molar-refractivity contribution in [2.45, 2.75) is 33.1 Å². The van der Waals surface area contributed by atoms with Gasteiger partial charge in [-0.15, -0.1) is 0 Å².